The van der Waals surface area contributed by atoms with Gasteiger partial charge in [0.25, 0.3) is 0 Å². The van der Waals surface area contributed by atoms with Crippen molar-refractivity contribution < 1.29 is 19.1 Å². The van der Waals surface area contributed by atoms with Gasteiger partial charge < -0.3 is 14.3 Å². The fourth-order valence-electron chi connectivity index (χ4n) is 1.27. The first-order chi connectivity index (χ1) is 6.74. The Hall–Kier alpha value is -2.04. The van der Waals surface area contributed by atoms with Crippen LogP contribution in [0.25, 0.3) is 11.1 Å². The summed E-state index contributed by atoms with van der Waals surface area (Å²) in [6.45, 7) is 0. The van der Waals surface area contributed by atoms with Crippen LogP contribution in [-0.2, 0) is 0 Å². The number of aromatic carboxylic acids is 1. The van der Waals surface area contributed by atoms with Crippen LogP contribution in [0.15, 0.2) is 22.9 Å². The smallest absolute Gasteiger partial charge is 0.341 e. The van der Waals surface area contributed by atoms with Crippen molar-refractivity contribution in [2.75, 3.05) is 7.11 Å². The maximum Gasteiger partial charge on any atom is 0.341 e. The molecule has 2 aromatic rings. The lowest BCUT2D eigenvalue weighted by molar-refractivity contribution is 0.0693. The molecule has 0 aliphatic rings. The van der Waals surface area contributed by atoms with Gasteiger partial charge >= 0.3 is 5.97 Å². The molecule has 0 atom stereocenters. The third kappa shape index (κ3) is 1.10. The lowest BCUT2D eigenvalue weighted by Crippen LogP contribution is -2.01. The second kappa shape index (κ2) is 3.02. The number of aromatic nitrogens is 1. The molecule has 0 saturated carbocycles. The molecule has 0 aromatic carbocycles. The molecular weight excluding hydrogens is 186 g/mol. The number of pyridine rings is 1. The van der Waals surface area contributed by atoms with Crippen LogP contribution >= 0.6 is 0 Å². The Bertz CT molecular complexity index is 489. The van der Waals surface area contributed by atoms with Gasteiger partial charge in [0.1, 0.15) is 11.3 Å². The van der Waals surface area contributed by atoms with Gasteiger partial charge in [0.15, 0.2) is 0 Å². The van der Waals surface area contributed by atoms with Gasteiger partial charge in [0.2, 0.25) is 5.71 Å². The molecule has 0 saturated heterocycles. The Morgan fingerprint density at radius 3 is 3.07 bits per heavy atom. The third-order valence-electron chi connectivity index (χ3n) is 1.88. The number of carboxylic acid groups (broad SMARTS) is 1. The average molecular weight is 193 g/mol. The topological polar surface area (TPSA) is 72.6 Å². The predicted octanol–water partition coefficient (Wildman–Crippen LogP) is 1.53. The molecule has 0 amide bonds. The molecule has 2 heterocycles. The van der Waals surface area contributed by atoms with Gasteiger partial charge in [0.05, 0.1) is 18.8 Å². The van der Waals surface area contributed by atoms with Crippen molar-refractivity contribution in [2.24, 2.45) is 0 Å². The first-order valence-corrected chi connectivity index (χ1v) is 3.87. The van der Waals surface area contributed by atoms with Crippen LogP contribution in [0.2, 0.25) is 0 Å². The largest absolute Gasteiger partial charge is 0.495 e. The van der Waals surface area contributed by atoms with Crippen LogP contribution in [0.1, 0.15) is 10.4 Å². The van der Waals surface area contributed by atoms with Crippen molar-refractivity contribution >= 4 is 17.1 Å². The molecule has 5 heteroatoms. The molecule has 1 N–H and O–H groups in total. The second-order valence-electron chi connectivity index (χ2n) is 2.65. The van der Waals surface area contributed by atoms with E-state index in [4.69, 9.17) is 14.3 Å². The summed E-state index contributed by atoms with van der Waals surface area (Å²) in [4.78, 5) is 14.6. The van der Waals surface area contributed by atoms with Crippen molar-refractivity contribution in [1.29, 1.82) is 0 Å². The van der Waals surface area contributed by atoms with E-state index in [2.05, 4.69) is 4.98 Å². The van der Waals surface area contributed by atoms with Crippen LogP contribution < -0.4 is 4.74 Å². The summed E-state index contributed by atoms with van der Waals surface area (Å²) in [6, 6.07) is 1.62. The lowest BCUT2D eigenvalue weighted by atomic mass is 10.2. The molecule has 0 radical (unpaired) electrons. The summed E-state index contributed by atoms with van der Waals surface area (Å²) in [7, 11) is 1.41. The number of furan rings is 1. The zero-order valence-electron chi connectivity index (χ0n) is 7.35. The number of methoxy groups -OCH3 is 1. The van der Waals surface area contributed by atoms with Gasteiger partial charge in [-0.2, -0.15) is 0 Å². The summed E-state index contributed by atoms with van der Waals surface area (Å²) >= 11 is 0. The number of nitrogens with zero attached hydrogens (tertiary/aromatic N) is 1. The quantitative estimate of drug-likeness (QED) is 0.782. The molecule has 0 aliphatic carbocycles. The van der Waals surface area contributed by atoms with Crippen molar-refractivity contribution in [1.82, 2.24) is 4.98 Å². The standard InChI is InChI=1S/C9H7NO4/c1-13-7-5-2-3-14-8(5)10-4-6(7)9(11)12/h2-4H,1H3,(H,11,12). The molecule has 0 unspecified atom stereocenters. The first-order valence-electron chi connectivity index (χ1n) is 3.87. The van der Waals surface area contributed by atoms with Gasteiger partial charge in [0, 0.05) is 6.20 Å². The van der Waals surface area contributed by atoms with Crippen LogP contribution in [0, 0.1) is 0 Å². The van der Waals surface area contributed by atoms with Crippen LogP contribution in [0.3, 0.4) is 0 Å². The molecule has 0 bridgehead atoms. The van der Waals surface area contributed by atoms with Gasteiger partial charge in [-0.3, -0.25) is 0 Å². The maximum absolute atomic E-state index is 10.8. The molecule has 0 fully saturated rings. The SMILES string of the molecule is COc1c(C(=O)O)cnc2occc12. The molecule has 14 heavy (non-hydrogen) atoms. The lowest BCUT2D eigenvalue weighted by Gasteiger charge is -2.03. The number of carboxylic acids is 1. The van der Waals surface area contributed by atoms with Crippen molar-refractivity contribution in [3.8, 4) is 5.75 Å². The minimum Gasteiger partial charge on any atom is -0.495 e. The van der Waals surface area contributed by atoms with E-state index < -0.39 is 5.97 Å². The van der Waals surface area contributed by atoms with Crippen molar-refractivity contribution in [3.63, 3.8) is 0 Å². The highest BCUT2D eigenvalue weighted by molar-refractivity contribution is 5.97. The van der Waals surface area contributed by atoms with Gasteiger partial charge in [-0.1, -0.05) is 0 Å². The van der Waals surface area contributed by atoms with E-state index in [1.165, 1.54) is 19.6 Å². The van der Waals surface area contributed by atoms with E-state index in [1.54, 1.807) is 6.07 Å². The zero-order valence-corrected chi connectivity index (χ0v) is 7.35. The summed E-state index contributed by atoms with van der Waals surface area (Å²) in [5.74, 6) is -0.797. The number of ether oxygens (including phenoxy) is 1. The predicted molar refractivity (Wildman–Crippen MR) is 47.5 cm³/mol. The van der Waals surface area contributed by atoms with E-state index in [9.17, 15) is 4.79 Å². The minimum atomic E-state index is -1.07. The van der Waals surface area contributed by atoms with Crippen LogP contribution in [-0.4, -0.2) is 23.2 Å². The minimum absolute atomic E-state index is 0.0291. The van der Waals surface area contributed by atoms with E-state index in [-0.39, 0.29) is 11.3 Å². The maximum atomic E-state index is 10.8. The van der Waals surface area contributed by atoms with Gasteiger partial charge in [-0.05, 0) is 6.07 Å². The summed E-state index contributed by atoms with van der Waals surface area (Å²) in [6.07, 6.45) is 2.65. The molecule has 5 nitrogen and oxygen atoms in total. The molecule has 0 spiro atoms. The monoisotopic (exact) mass is 193 g/mol. The van der Waals surface area contributed by atoms with Gasteiger partial charge in [-0.15, -0.1) is 0 Å². The summed E-state index contributed by atoms with van der Waals surface area (Å²) < 4.78 is 10.0. The fraction of sp³-hybridized carbons (Fsp3) is 0.111. The Balaban J connectivity index is 2.78. The average Bonchev–Trinajstić information content (AvgIpc) is 2.63. The van der Waals surface area contributed by atoms with Crippen LogP contribution in [0.4, 0.5) is 0 Å². The van der Waals surface area contributed by atoms with E-state index in [0.29, 0.717) is 11.1 Å². The Morgan fingerprint density at radius 2 is 2.43 bits per heavy atom. The van der Waals surface area contributed by atoms with Gasteiger partial charge in [-0.25, -0.2) is 9.78 Å². The molecule has 2 aromatic heterocycles. The number of hydrogen-bond donors (Lipinski definition) is 1. The number of carbonyl (C=O) groups is 1. The van der Waals surface area contributed by atoms with Crippen molar-refractivity contribution in [2.45, 2.75) is 0 Å². The molecule has 0 aliphatic heterocycles. The van der Waals surface area contributed by atoms with Crippen molar-refractivity contribution in [3.05, 3.63) is 24.1 Å². The van der Waals surface area contributed by atoms with E-state index >= 15 is 0 Å². The molecular formula is C9H7NO4. The highest BCUT2D eigenvalue weighted by Crippen LogP contribution is 2.28. The Labute approximate surface area is 78.9 Å². The zero-order chi connectivity index (χ0) is 10.1. The fourth-order valence-corrected chi connectivity index (χ4v) is 1.27. The number of rotatable bonds is 2. The third-order valence-corrected chi connectivity index (χ3v) is 1.88. The summed E-state index contributed by atoms with van der Waals surface area (Å²) in [5, 5.41) is 9.41. The van der Waals surface area contributed by atoms with E-state index in [1.807, 2.05) is 0 Å². The normalized spacial score (nSPS) is 10.4. The van der Waals surface area contributed by atoms with E-state index in [0.717, 1.165) is 0 Å². The number of hydrogen-bond acceptors (Lipinski definition) is 4. The highest BCUT2D eigenvalue weighted by atomic mass is 16.5. The molecule has 72 valence electrons. The van der Waals surface area contributed by atoms with Crippen LogP contribution in [0.5, 0.6) is 5.75 Å². The Morgan fingerprint density at radius 1 is 1.64 bits per heavy atom. The number of fused-ring (bicyclic) bond motifs is 1. The molecule has 2 rings (SSSR count). The second-order valence-corrected chi connectivity index (χ2v) is 2.65. The highest BCUT2D eigenvalue weighted by Gasteiger charge is 2.16. The first kappa shape index (κ1) is 8.55. The summed E-state index contributed by atoms with van der Waals surface area (Å²) in [5.41, 5.74) is 0.397. The Kier molecular flexibility index (Phi) is 1.85.